The van der Waals surface area contributed by atoms with Crippen LogP contribution in [-0.4, -0.2) is 34.9 Å². The highest BCUT2D eigenvalue weighted by atomic mass is 32.2. The first-order chi connectivity index (χ1) is 14.0. The Kier molecular flexibility index (Phi) is 6.80. The number of benzene rings is 2. The Hall–Kier alpha value is -3.40. The van der Waals surface area contributed by atoms with E-state index in [-0.39, 0.29) is 29.2 Å². The minimum Gasteiger partial charge on any atom is -0.465 e. The monoisotopic (exact) mass is 416 g/mol. The number of anilines is 2. The van der Waals surface area contributed by atoms with Gasteiger partial charge in [0.1, 0.15) is 5.82 Å². The molecule has 0 unspecified atom stereocenters. The lowest BCUT2D eigenvalue weighted by Gasteiger charge is -2.05. The molecule has 0 aliphatic rings. The van der Waals surface area contributed by atoms with Gasteiger partial charge < -0.3 is 19.8 Å². The SMILES string of the molecule is COC(=O)c1ccc(NC(=O)CSc2nnc(CNc3ccc(F)cc3)o2)cc1. The lowest BCUT2D eigenvalue weighted by atomic mass is 10.2. The van der Waals surface area contributed by atoms with Gasteiger partial charge in [-0.1, -0.05) is 11.8 Å². The number of ether oxygens (including phenoxy) is 1. The Balaban J connectivity index is 1.44. The first-order valence-electron chi connectivity index (χ1n) is 8.46. The zero-order valence-corrected chi connectivity index (χ0v) is 16.2. The quantitative estimate of drug-likeness (QED) is 0.425. The van der Waals surface area contributed by atoms with Gasteiger partial charge in [0, 0.05) is 11.4 Å². The van der Waals surface area contributed by atoms with E-state index in [0.29, 0.717) is 17.1 Å². The average Bonchev–Trinajstić information content (AvgIpc) is 3.20. The van der Waals surface area contributed by atoms with Gasteiger partial charge in [-0.3, -0.25) is 4.79 Å². The molecule has 0 saturated carbocycles. The van der Waals surface area contributed by atoms with E-state index in [1.54, 1.807) is 36.4 Å². The largest absolute Gasteiger partial charge is 0.465 e. The summed E-state index contributed by atoms with van der Waals surface area (Å²) in [7, 11) is 1.30. The molecule has 8 nitrogen and oxygen atoms in total. The van der Waals surface area contributed by atoms with Crippen LogP contribution in [0, 0.1) is 5.82 Å². The van der Waals surface area contributed by atoms with E-state index in [4.69, 9.17) is 4.42 Å². The van der Waals surface area contributed by atoms with Crippen molar-refractivity contribution in [1.29, 1.82) is 0 Å². The van der Waals surface area contributed by atoms with Gasteiger partial charge in [0.05, 0.1) is 25.0 Å². The van der Waals surface area contributed by atoms with Crippen molar-refractivity contribution in [3.63, 3.8) is 0 Å². The van der Waals surface area contributed by atoms with Crippen molar-refractivity contribution in [3.05, 3.63) is 65.8 Å². The van der Waals surface area contributed by atoms with Crippen LogP contribution in [0.5, 0.6) is 0 Å². The number of amides is 1. The maximum atomic E-state index is 12.9. The number of hydrogen-bond acceptors (Lipinski definition) is 8. The van der Waals surface area contributed by atoms with Crippen molar-refractivity contribution < 1.29 is 23.1 Å². The smallest absolute Gasteiger partial charge is 0.337 e. The fourth-order valence-corrected chi connectivity index (χ4v) is 2.83. The van der Waals surface area contributed by atoms with Crippen molar-refractivity contribution >= 4 is 35.0 Å². The molecule has 1 amide bonds. The lowest BCUT2D eigenvalue weighted by Crippen LogP contribution is -2.14. The molecule has 0 aliphatic carbocycles. The van der Waals surface area contributed by atoms with Crippen molar-refractivity contribution in [2.45, 2.75) is 11.8 Å². The average molecular weight is 416 g/mol. The van der Waals surface area contributed by atoms with Crippen LogP contribution in [0.2, 0.25) is 0 Å². The van der Waals surface area contributed by atoms with Gasteiger partial charge >= 0.3 is 5.97 Å². The van der Waals surface area contributed by atoms with Crippen LogP contribution in [0.3, 0.4) is 0 Å². The predicted octanol–water partition coefficient (Wildman–Crippen LogP) is 3.34. The second-order valence-corrected chi connectivity index (χ2v) is 6.65. The molecule has 0 fully saturated rings. The molecule has 1 aromatic heterocycles. The number of thioether (sulfide) groups is 1. The topological polar surface area (TPSA) is 106 Å². The Morgan fingerprint density at radius 1 is 1.07 bits per heavy atom. The van der Waals surface area contributed by atoms with E-state index in [0.717, 1.165) is 17.4 Å². The van der Waals surface area contributed by atoms with Crippen LogP contribution in [0.25, 0.3) is 0 Å². The van der Waals surface area contributed by atoms with Gasteiger partial charge in [-0.2, -0.15) is 0 Å². The van der Waals surface area contributed by atoms with E-state index in [9.17, 15) is 14.0 Å². The zero-order chi connectivity index (χ0) is 20.6. The highest BCUT2D eigenvalue weighted by Gasteiger charge is 2.11. The predicted molar refractivity (Wildman–Crippen MR) is 105 cm³/mol. The second kappa shape index (κ2) is 9.69. The fraction of sp³-hybridized carbons (Fsp3) is 0.158. The van der Waals surface area contributed by atoms with Crippen molar-refractivity contribution in [1.82, 2.24) is 10.2 Å². The van der Waals surface area contributed by atoms with Gasteiger partial charge in [0.2, 0.25) is 11.8 Å². The Bertz CT molecular complexity index is 977. The molecule has 0 radical (unpaired) electrons. The molecule has 2 N–H and O–H groups in total. The molecule has 0 spiro atoms. The lowest BCUT2D eigenvalue weighted by molar-refractivity contribution is -0.113. The molecular weight excluding hydrogens is 399 g/mol. The van der Waals surface area contributed by atoms with Gasteiger partial charge in [0.15, 0.2) is 0 Å². The van der Waals surface area contributed by atoms with Gasteiger partial charge in [-0.15, -0.1) is 10.2 Å². The second-order valence-electron chi connectivity index (χ2n) is 5.73. The third-order valence-corrected chi connectivity index (χ3v) is 4.47. The van der Waals surface area contributed by atoms with E-state index < -0.39 is 5.97 Å². The molecule has 0 saturated heterocycles. The minimum atomic E-state index is -0.445. The van der Waals surface area contributed by atoms with Gasteiger partial charge in [-0.25, -0.2) is 9.18 Å². The number of carbonyl (C=O) groups excluding carboxylic acids is 2. The molecular formula is C19H17FN4O4S. The molecule has 0 bridgehead atoms. The number of hydrogen-bond donors (Lipinski definition) is 2. The molecule has 10 heteroatoms. The van der Waals surface area contributed by atoms with Crippen molar-refractivity contribution in [2.75, 3.05) is 23.5 Å². The normalized spacial score (nSPS) is 10.4. The van der Waals surface area contributed by atoms with Crippen molar-refractivity contribution in [2.24, 2.45) is 0 Å². The summed E-state index contributed by atoms with van der Waals surface area (Å²) in [5, 5.41) is 13.8. The van der Waals surface area contributed by atoms with Gasteiger partial charge in [-0.05, 0) is 48.5 Å². The van der Waals surface area contributed by atoms with E-state index >= 15 is 0 Å². The molecule has 150 valence electrons. The Morgan fingerprint density at radius 3 is 2.45 bits per heavy atom. The molecule has 0 aliphatic heterocycles. The minimum absolute atomic E-state index is 0.0752. The van der Waals surface area contributed by atoms with Gasteiger partial charge in [0.25, 0.3) is 5.22 Å². The van der Waals surface area contributed by atoms with E-state index in [1.165, 1.54) is 19.2 Å². The number of rotatable bonds is 8. The number of methoxy groups -OCH3 is 1. The number of aromatic nitrogens is 2. The summed E-state index contributed by atoms with van der Waals surface area (Å²) >= 11 is 1.10. The van der Waals surface area contributed by atoms with E-state index in [1.807, 2.05) is 0 Å². The summed E-state index contributed by atoms with van der Waals surface area (Å²) in [6.07, 6.45) is 0. The number of nitrogens with one attached hydrogen (secondary N) is 2. The van der Waals surface area contributed by atoms with Crippen LogP contribution in [0.4, 0.5) is 15.8 Å². The maximum Gasteiger partial charge on any atom is 0.337 e. The van der Waals surface area contributed by atoms with E-state index in [2.05, 4.69) is 25.6 Å². The molecule has 2 aromatic carbocycles. The molecule has 29 heavy (non-hydrogen) atoms. The highest BCUT2D eigenvalue weighted by molar-refractivity contribution is 7.99. The van der Waals surface area contributed by atoms with Crippen molar-refractivity contribution in [3.8, 4) is 0 Å². The molecule has 1 heterocycles. The first-order valence-corrected chi connectivity index (χ1v) is 9.45. The summed E-state index contributed by atoms with van der Waals surface area (Å²) in [5.41, 5.74) is 1.67. The Morgan fingerprint density at radius 2 is 1.76 bits per heavy atom. The third kappa shape index (κ3) is 6.04. The van der Waals surface area contributed by atoms with Crippen LogP contribution in [0.1, 0.15) is 16.2 Å². The maximum absolute atomic E-state index is 12.9. The summed E-state index contributed by atoms with van der Waals surface area (Å²) in [5.74, 6) is -0.601. The first kappa shape index (κ1) is 20.3. The zero-order valence-electron chi connectivity index (χ0n) is 15.3. The fourth-order valence-electron chi connectivity index (χ4n) is 2.25. The summed E-state index contributed by atoms with van der Waals surface area (Å²) in [6, 6.07) is 12.2. The standard InChI is InChI=1S/C19H17FN4O4S/c1-27-18(26)12-2-6-15(7-3-12)22-16(25)11-29-19-24-23-17(28-19)10-21-14-8-4-13(20)5-9-14/h2-9,21H,10-11H2,1H3,(H,22,25). The summed E-state index contributed by atoms with van der Waals surface area (Å²) in [4.78, 5) is 23.4. The van der Waals surface area contributed by atoms with Crippen LogP contribution in [-0.2, 0) is 16.1 Å². The Labute approximate surface area is 169 Å². The molecule has 3 aromatic rings. The highest BCUT2D eigenvalue weighted by Crippen LogP contribution is 2.18. The molecule has 3 rings (SSSR count). The third-order valence-electron chi connectivity index (χ3n) is 3.65. The van der Waals surface area contributed by atoms with Crippen LogP contribution < -0.4 is 10.6 Å². The summed E-state index contributed by atoms with van der Waals surface area (Å²) in [6.45, 7) is 0.276. The van der Waals surface area contributed by atoms with Crippen LogP contribution >= 0.6 is 11.8 Å². The number of nitrogens with zero attached hydrogens (tertiary/aromatic N) is 2. The summed E-state index contributed by atoms with van der Waals surface area (Å²) < 4.78 is 23.0. The number of esters is 1. The van der Waals surface area contributed by atoms with Crippen LogP contribution in [0.15, 0.2) is 58.2 Å². The molecule has 0 atom stereocenters. The number of carbonyl (C=O) groups is 2. The number of halogens is 1.